The lowest BCUT2D eigenvalue weighted by Crippen LogP contribution is -2.22. The van der Waals surface area contributed by atoms with Crippen LogP contribution in [-0.4, -0.2) is 22.0 Å². The number of aryl methyl sites for hydroxylation is 1. The molecule has 31 heavy (non-hydrogen) atoms. The summed E-state index contributed by atoms with van der Waals surface area (Å²) in [5.74, 6) is -0.226. The first kappa shape index (κ1) is 20.8. The molecule has 4 aromatic rings. The van der Waals surface area contributed by atoms with Crippen LogP contribution in [0.15, 0.2) is 83.9 Å². The third kappa shape index (κ3) is 4.98. The maximum atomic E-state index is 12.7. The maximum absolute atomic E-state index is 12.7. The molecule has 0 fully saturated rings. The van der Waals surface area contributed by atoms with Crippen molar-refractivity contribution in [1.82, 2.24) is 4.98 Å². The van der Waals surface area contributed by atoms with Crippen LogP contribution in [0.3, 0.4) is 0 Å². The van der Waals surface area contributed by atoms with E-state index in [1.54, 1.807) is 6.07 Å². The number of H-pyrrole nitrogens is 1. The Labute approximate surface area is 185 Å². The number of thioether (sulfide) groups is 1. The van der Waals surface area contributed by atoms with Gasteiger partial charge in [0.05, 0.1) is 5.25 Å². The molecule has 0 aliphatic carbocycles. The van der Waals surface area contributed by atoms with Gasteiger partial charge in [0.1, 0.15) is 0 Å². The lowest BCUT2D eigenvalue weighted by atomic mass is 10.1. The summed E-state index contributed by atoms with van der Waals surface area (Å²) in [6, 6.07) is 22.8. The van der Waals surface area contributed by atoms with Gasteiger partial charge in [-0.1, -0.05) is 30.3 Å². The van der Waals surface area contributed by atoms with Crippen LogP contribution in [0.5, 0.6) is 0 Å². The molecule has 0 radical (unpaired) electrons. The second-order valence-electron chi connectivity index (χ2n) is 7.33. The molecule has 6 heteroatoms. The van der Waals surface area contributed by atoms with Gasteiger partial charge in [0, 0.05) is 33.5 Å². The highest BCUT2D eigenvalue weighted by Gasteiger charge is 2.16. The third-order valence-corrected chi connectivity index (χ3v) is 6.08. The van der Waals surface area contributed by atoms with Crippen LogP contribution in [0, 0.1) is 6.92 Å². The molecular weight excluding hydrogens is 406 g/mol. The van der Waals surface area contributed by atoms with Gasteiger partial charge in [-0.05, 0) is 67.3 Å². The third-order valence-electron chi connectivity index (χ3n) is 4.99. The van der Waals surface area contributed by atoms with Crippen LogP contribution >= 0.6 is 11.8 Å². The number of hydrogen-bond acceptors (Lipinski definition) is 3. The van der Waals surface area contributed by atoms with Gasteiger partial charge >= 0.3 is 0 Å². The van der Waals surface area contributed by atoms with Gasteiger partial charge in [-0.25, -0.2) is 0 Å². The van der Waals surface area contributed by atoms with Gasteiger partial charge in [0.25, 0.3) is 5.91 Å². The maximum Gasteiger partial charge on any atom is 0.255 e. The summed E-state index contributed by atoms with van der Waals surface area (Å²) in [4.78, 5) is 29.3. The van der Waals surface area contributed by atoms with Gasteiger partial charge < -0.3 is 15.6 Å². The van der Waals surface area contributed by atoms with Crippen LogP contribution in [0.1, 0.15) is 22.8 Å². The van der Waals surface area contributed by atoms with Crippen molar-refractivity contribution < 1.29 is 9.59 Å². The van der Waals surface area contributed by atoms with E-state index >= 15 is 0 Å². The van der Waals surface area contributed by atoms with Crippen molar-refractivity contribution in [3.8, 4) is 0 Å². The smallest absolute Gasteiger partial charge is 0.255 e. The van der Waals surface area contributed by atoms with Gasteiger partial charge in [-0.15, -0.1) is 11.8 Å². The standard InChI is InChI=1S/C25H23N3O2S/c1-16-6-3-4-9-22(16)25(30)28-19-7-5-8-21(14-19)31-17(2)24(29)27-20-11-10-18-12-13-26-23(18)15-20/h3-15,17,26H,1-2H3,(H,27,29)(H,28,30). The monoisotopic (exact) mass is 429 g/mol. The van der Waals surface area contributed by atoms with Crippen molar-refractivity contribution in [2.75, 3.05) is 10.6 Å². The zero-order valence-electron chi connectivity index (χ0n) is 17.3. The molecule has 1 aromatic heterocycles. The van der Waals surface area contributed by atoms with Crippen LogP contribution in [0.4, 0.5) is 11.4 Å². The Hall–Kier alpha value is -3.51. The van der Waals surface area contributed by atoms with Gasteiger partial charge in [0.15, 0.2) is 0 Å². The van der Waals surface area contributed by atoms with E-state index in [0.717, 1.165) is 27.0 Å². The topological polar surface area (TPSA) is 74.0 Å². The van der Waals surface area contributed by atoms with Gasteiger partial charge in [0.2, 0.25) is 5.91 Å². The first-order valence-electron chi connectivity index (χ1n) is 10.0. The van der Waals surface area contributed by atoms with Gasteiger partial charge in [-0.3, -0.25) is 9.59 Å². The number of carbonyl (C=O) groups excluding carboxylic acids is 2. The normalized spacial score (nSPS) is 11.8. The van der Waals surface area contributed by atoms with Crippen molar-refractivity contribution in [3.05, 3.63) is 90.1 Å². The van der Waals surface area contributed by atoms with E-state index < -0.39 is 0 Å². The fourth-order valence-corrected chi connectivity index (χ4v) is 4.23. The highest BCUT2D eigenvalue weighted by molar-refractivity contribution is 8.00. The molecule has 0 spiro atoms. The number of nitrogens with one attached hydrogen (secondary N) is 3. The number of hydrogen-bond donors (Lipinski definition) is 3. The number of anilines is 2. The van der Waals surface area contributed by atoms with Crippen LogP contribution in [0.2, 0.25) is 0 Å². The molecule has 1 heterocycles. The summed E-state index contributed by atoms with van der Waals surface area (Å²) in [5, 5.41) is 6.71. The average molecular weight is 430 g/mol. The SMILES string of the molecule is Cc1ccccc1C(=O)Nc1cccc(SC(C)C(=O)Nc2ccc3cc[nH]c3c2)c1. The van der Waals surface area contributed by atoms with Crippen molar-refractivity contribution in [3.63, 3.8) is 0 Å². The Morgan fingerprint density at radius 1 is 0.903 bits per heavy atom. The van der Waals surface area contributed by atoms with Gasteiger partial charge in [-0.2, -0.15) is 0 Å². The van der Waals surface area contributed by atoms with Crippen molar-refractivity contribution >= 4 is 45.9 Å². The fourth-order valence-electron chi connectivity index (χ4n) is 3.30. The summed E-state index contributed by atoms with van der Waals surface area (Å²) < 4.78 is 0. The highest BCUT2D eigenvalue weighted by Crippen LogP contribution is 2.27. The predicted molar refractivity (Wildman–Crippen MR) is 128 cm³/mol. The van der Waals surface area contributed by atoms with Crippen molar-refractivity contribution in [1.29, 1.82) is 0 Å². The Balaban J connectivity index is 1.40. The fraction of sp³-hybridized carbons (Fsp3) is 0.120. The summed E-state index contributed by atoms with van der Waals surface area (Å²) >= 11 is 1.45. The lowest BCUT2D eigenvalue weighted by Gasteiger charge is -2.13. The summed E-state index contributed by atoms with van der Waals surface area (Å²) in [6.45, 7) is 3.78. The van der Waals surface area contributed by atoms with Crippen LogP contribution in [-0.2, 0) is 4.79 Å². The molecule has 0 bridgehead atoms. The number of benzene rings is 3. The molecule has 0 aliphatic rings. The summed E-state index contributed by atoms with van der Waals surface area (Å²) in [7, 11) is 0. The Bertz CT molecular complexity index is 1250. The molecule has 156 valence electrons. The zero-order chi connectivity index (χ0) is 21.8. The average Bonchev–Trinajstić information content (AvgIpc) is 3.22. The van der Waals surface area contributed by atoms with Crippen molar-refractivity contribution in [2.45, 2.75) is 24.0 Å². The van der Waals surface area contributed by atoms with E-state index in [2.05, 4.69) is 15.6 Å². The quantitative estimate of drug-likeness (QED) is 0.337. The minimum absolute atomic E-state index is 0.0785. The molecule has 2 amide bonds. The molecule has 3 aromatic carbocycles. The van der Waals surface area contributed by atoms with E-state index in [9.17, 15) is 9.59 Å². The lowest BCUT2D eigenvalue weighted by molar-refractivity contribution is -0.115. The van der Waals surface area contributed by atoms with E-state index in [4.69, 9.17) is 0 Å². The number of amides is 2. The number of fused-ring (bicyclic) bond motifs is 1. The molecule has 1 atom stereocenters. The molecule has 3 N–H and O–H groups in total. The largest absolute Gasteiger partial charge is 0.361 e. The number of rotatable bonds is 6. The minimum atomic E-state index is -0.304. The predicted octanol–water partition coefficient (Wildman–Crippen LogP) is 5.85. The number of aromatic nitrogens is 1. The highest BCUT2D eigenvalue weighted by atomic mass is 32.2. The second kappa shape index (κ2) is 9.10. The molecular formula is C25H23N3O2S. The first-order valence-corrected chi connectivity index (χ1v) is 10.9. The van der Waals surface area contributed by atoms with Crippen LogP contribution < -0.4 is 10.6 Å². The minimum Gasteiger partial charge on any atom is -0.361 e. The van der Waals surface area contributed by atoms with E-state index in [-0.39, 0.29) is 17.1 Å². The molecule has 5 nitrogen and oxygen atoms in total. The summed E-state index contributed by atoms with van der Waals surface area (Å²) in [5.41, 5.74) is 4.01. The Morgan fingerprint density at radius 2 is 1.71 bits per heavy atom. The van der Waals surface area contributed by atoms with Crippen LogP contribution in [0.25, 0.3) is 10.9 Å². The molecule has 0 saturated carbocycles. The molecule has 0 aliphatic heterocycles. The number of aromatic amines is 1. The molecule has 1 unspecified atom stereocenters. The first-order chi connectivity index (χ1) is 15.0. The number of carbonyl (C=O) groups is 2. The Morgan fingerprint density at radius 3 is 2.55 bits per heavy atom. The van der Waals surface area contributed by atoms with E-state index in [1.165, 1.54) is 11.8 Å². The molecule has 4 rings (SSSR count). The zero-order valence-corrected chi connectivity index (χ0v) is 18.1. The van der Waals surface area contributed by atoms with E-state index in [0.29, 0.717) is 11.3 Å². The second-order valence-corrected chi connectivity index (χ2v) is 8.74. The Kier molecular flexibility index (Phi) is 6.09. The summed E-state index contributed by atoms with van der Waals surface area (Å²) in [6.07, 6.45) is 1.87. The van der Waals surface area contributed by atoms with Crippen molar-refractivity contribution in [2.24, 2.45) is 0 Å². The molecule has 0 saturated heterocycles. The van der Waals surface area contributed by atoms with E-state index in [1.807, 2.05) is 86.8 Å².